The molecule has 8 aliphatic rings. The smallest absolute Gasteiger partial charge is 0.338 e. The number of Topliss-reactive ketones (excluding diaryl/α,β-unsaturated/α-hetero) is 1. The third-order valence-electron chi connectivity index (χ3n) is 19.7. The fourth-order valence-electron chi connectivity index (χ4n) is 15.2. The highest BCUT2D eigenvalue weighted by Gasteiger charge is 2.82. The van der Waals surface area contributed by atoms with Crippen molar-refractivity contribution >= 4 is 11.8 Å². The van der Waals surface area contributed by atoms with Crippen LogP contribution in [0.1, 0.15) is 136 Å². The first-order valence-electron chi connectivity index (χ1n) is 27.2. The molecule has 4 aliphatic carbocycles. The zero-order valence-electron chi connectivity index (χ0n) is 44.9. The number of carbonyl (C=O) groups is 2. The van der Waals surface area contributed by atoms with Crippen molar-refractivity contribution in [2.24, 2.45) is 22.7 Å². The Morgan fingerprint density at radius 2 is 1.14 bits per heavy atom. The van der Waals surface area contributed by atoms with Gasteiger partial charge in [-0.1, -0.05) is 25.1 Å². The van der Waals surface area contributed by atoms with Crippen LogP contribution in [0.2, 0.25) is 0 Å². The Balaban J connectivity index is 0.790. The van der Waals surface area contributed by atoms with E-state index in [0.717, 1.165) is 0 Å². The molecule has 25 atom stereocenters. The molecule has 9 rings (SSSR count). The van der Waals surface area contributed by atoms with Gasteiger partial charge in [0.25, 0.3) is 0 Å². The zero-order chi connectivity index (χ0) is 53.3. The van der Waals surface area contributed by atoms with Gasteiger partial charge in [0.1, 0.15) is 41.7 Å². The lowest BCUT2D eigenvalue weighted by Crippen LogP contribution is -2.79. The maximum atomic E-state index is 13.7. The molecule has 418 valence electrons. The second-order valence-corrected chi connectivity index (χ2v) is 23.4. The lowest BCUT2D eigenvalue weighted by molar-refractivity contribution is -0.348. The van der Waals surface area contributed by atoms with Crippen molar-refractivity contribution < 1.29 is 92.0 Å². The molecular formula is C55H84O19. The first-order valence-corrected chi connectivity index (χ1v) is 27.2. The maximum absolute atomic E-state index is 13.7. The number of esters is 1. The van der Waals surface area contributed by atoms with E-state index < -0.39 is 144 Å². The molecule has 0 radical (unpaired) electrons. The molecule has 4 saturated carbocycles. The van der Waals surface area contributed by atoms with Gasteiger partial charge in [-0.2, -0.15) is 0 Å². The molecule has 5 N–H and O–H groups in total. The Hall–Kier alpha value is -2.28. The molecule has 4 saturated heterocycles. The predicted molar refractivity (Wildman–Crippen MR) is 261 cm³/mol. The van der Waals surface area contributed by atoms with Crippen LogP contribution in [0, 0.1) is 22.7 Å². The van der Waals surface area contributed by atoms with Gasteiger partial charge in [-0.05, 0) is 122 Å². The van der Waals surface area contributed by atoms with E-state index in [2.05, 4.69) is 6.92 Å². The second kappa shape index (κ2) is 21.7. The summed E-state index contributed by atoms with van der Waals surface area (Å²) in [6, 6.07) is 8.52. The van der Waals surface area contributed by atoms with Crippen LogP contribution < -0.4 is 0 Å². The summed E-state index contributed by atoms with van der Waals surface area (Å²) >= 11 is 0. The summed E-state index contributed by atoms with van der Waals surface area (Å²) in [6.45, 7) is 12.5. The molecule has 1 aromatic carbocycles. The molecule has 74 heavy (non-hydrogen) atoms. The number of benzene rings is 1. The van der Waals surface area contributed by atoms with Crippen LogP contribution in [0.5, 0.6) is 0 Å². The van der Waals surface area contributed by atoms with Crippen molar-refractivity contribution in [3.63, 3.8) is 0 Å². The zero-order valence-corrected chi connectivity index (χ0v) is 44.9. The van der Waals surface area contributed by atoms with Gasteiger partial charge in [0.05, 0.1) is 71.5 Å². The molecular weight excluding hydrogens is 965 g/mol. The van der Waals surface area contributed by atoms with Gasteiger partial charge in [-0.15, -0.1) is 0 Å². The highest BCUT2D eigenvalue weighted by molar-refractivity contribution is 5.90. The summed E-state index contributed by atoms with van der Waals surface area (Å²) in [7, 11) is 4.79. The number of methoxy groups -OCH3 is 3. The monoisotopic (exact) mass is 1050 g/mol. The Morgan fingerprint density at radius 3 is 1.69 bits per heavy atom. The minimum absolute atomic E-state index is 0.0268. The van der Waals surface area contributed by atoms with Gasteiger partial charge in [-0.3, -0.25) is 4.79 Å². The van der Waals surface area contributed by atoms with Crippen molar-refractivity contribution in [3.8, 4) is 0 Å². The molecule has 25 unspecified atom stereocenters. The molecule has 0 amide bonds. The summed E-state index contributed by atoms with van der Waals surface area (Å²) < 4.78 is 74.8. The number of hydrogen-bond acceptors (Lipinski definition) is 19. The lowest BCUT2D eigenvalue weighted by Gasteiger charge is -2.69. The van der Waals surface area contributed by atoms with Crippen molar-refractivity contribution in [1.29, 1.82) is 0 Å². The Kier molecular flexibility index (Phi) is 16.6. The highest BCUT2D eigenvalue weighted by Crippen LogP contribution is 2.72. The topological polar surface area (TPSA) is 246 Å². The number of aliphatic hydroxyl groups excluding tert-OH is 2. The Labute approximate surface area is 435 Å². The van der Waals surface area contributed by atoms with Crippen LogP contribution in [0.15, 0.2) is 30.3 Å². The molecule has 1 aromatic rings. The highest BCUT2D eigenvalue weighted by atomic mass is 16.8. The fourth-order valence-corrected chi connectivity index (χ4v) is 15.2. The number of ether oxygens (including phenoxy) is 12. The summed E-state index contributed by atoms with van der Waals surface area (Å²) in [4.78, 5) is 27.0. The molecule has 4 aliphatic heterocycles. The molecule has 0 spiro atoms. The van der Waals surface area contributed by atoms with Gasteiger partial charge >= 0.3 is 5.97 Å². The third-order valence-corrected chi connectivity index (χ3v) is 19.7. The molecule has 0 bridgehead atoms. The largest absolute Gasteiger partial charge is 0.458 e. The predicted octanol–water partition coefficient (Wildman–Crippen LogP) is 4.26. The average Bonchev–Trinajstić information content (AvgIpc) is 3.60. The van der Waals surface area contributed by atoms with E-state index in [9.17, 15) is 35.1 Å². The van der Waals surface area contributed by atoms with Crippen LogP contribution in [0.25, 0.3) is 0 Å². The van der Waals surface area contributed by atoms with Gasteiger partial charge in [0.15, 0.2) is 30.9 Å². The van der Waals surface area contributed by atoms with Crippen LogP contribution in [0.4, 0.5) is 0 Å². The first kappa shape index (κ1) is 56.4. The standard InChI is InChI=1S/C55H84O19/c1-28-46(58)37(63-8)24-43(66-28)73-48-31(4)69-45(26-39(48)65-10)74-49-30(3)68-44(25-38(49)64-9)72-47-29(2)67-42(23-36(47)57)70-35-17-18-51(6)34(22-35)16-19-54(61)40(51)27-41(71-50(59)33-14-12-11-13-15-33)52(7)53(60,32(5)56)20-21-55(52,54)62/h11-15,28-31,34-49,57-58,60-62H,16-27H2,1-10H3. The molecule has 8 fully saturated rings. The number of aliphatic hydroxyl groups is 5. The van der Waals surface area contributed by atoms with Gasteiger partial charge < -0.3 is 82.4 Å². The summed E-state index contributed by atoms with van der Waals surface area (Å²) in [5, 5.41) is 60.1. The molecule has 4 heterocycles. The quantitative estimate of drug-likeness (QED) is 0.129. The van der Waals surface area contributed by atoms with Crippen LogP contribution >= 0.6 is 0 Å². The Bertz CT molecular complexity index is 2090. The van der Waals surface area contributed by atoms with E-state index >= 15 is 0 Å². The van der Waals surface area contributed by atoms with E-state index in [4.69, 9.17) is 56.8 Å². The SMILES string of the molecule is COC1CC(OC2C(C)OC(OC3C(C)OC(OC4C(O)CC(OC5CCC6(C)C(CCC7(O)C6CC(OC(=O)c6ccccc6)C6(C)C(O)(C(C)=O)CCC76O)C5)OC4C)CC3OC)CC2OC)OC(C)C1O. The summed E-state index contributed by atoms with van der Waals surface area (Å²) in [5.41, 5.74) is -7.52. The minimum Gasteiger partial charge on any atom is -0.458 e. The van der Waals surface area contributed by atoms with Crippen LogP contribution in [-0.4, -0.2) is 186 Å². The van der Waals surface area contributed by atoms with E-state index in [1.165, 1.54) is 6.92 Å². The number of hydrogen-bond donors (Lipinski definition) is 5. The van der Waals surface area contributed by atoms with Crippen molar-refractivity contribution in [3.05, 3.63) is 35.9 Å². The third kappa shape index (κ3) is 9.75. The van der Waals surface area contributed by atoms with Crippen LogP contribution in [-0.2, 0) is 61.6 Å². The number of ketones is 1. The van der Waals surface area contributed by atoms with Gasteiger partial charge in [0, 0.05) is 47.0 Å². The number of fused-ring (bicyclic) bond motifs is 5. The van der Waals surface area contributed by atoms with Crippen molar-refractivity contribution in [1.82, 2.24) is 0 Å². The van der Waals surface area contributed by atoms with E-state index in [-0.39, 0.29) is 50.2 Å². The fraction of sp³-hybridized carbons (Fsp3) is 0.855. The first-order chi connectivity index (χ1) is 35.0. The minimum atomic E-state index is -2.03. The molecule has 19 heteroatoms. The Morgan fingerprint density at radius 1 is 0.608 bits per heavy atom. The van der Waals surface area contributed by atoms with E-state index in [0.29, 0.717) is 50.5 Å². The number of rotatable bonds is 14. The normalized spacial score (nSPS) is 50.5. The van der Waals surface area contributed by atoms with Crippen molar-refractivity contribution in [2.45, 2.75) is 253 Å². The van der Waals surface area contributed by atoms with Gasteiger partial charge in [-0.25, -0.2) is 4.79 Å². The molecule has 19 nitrogen and oxygen atoms in total. The van der Waals surface area contributed by atoms with E-state index in [1.54, 1.807) is 65.5 Å². The van der Waals surface area contributed by atoms with E-state index in [1.807, 2.05) is 20.8 Å². The van der Waals surface area contributed by atoms with Crippen molar-refractivity contribution in [2.75, 3.05) is 21.3 Å². The van der Waals surface area contributed by atoms with Gasteiger partial charge in [0.2, 0.25) is 0 Å². The summed E-state index contributed by atoms with van der Waals surface area (Å²) in [5.74, 6) is -1.63. The number of carbonyl (C=O) groups excluding carboxylic acids is 2. The summed E-state index contributed by atoms with van der Waals surface area (Å²) in [6.07, 6.45) is -6.67. The average molecular weight is 1050 g/mol. The van der Waals surface area contributed by atoms with Crippen LogP contribution in [0.3, 0.4) is 0 Å². The maximum Gasteiger partial charge on any atom is 0.338 e. The molecule has 0 aromatic heterocycles. The second-order valence-electron chi connectivity index (χ2n) is 23.4. The lowest BCUT2D eigenvalue weighted by atomic mass is 9.40.